The van der Waals surface area contributed by atoms with E-state index in [-0.39, 0.29) is 29.7 Å². The Hall–Kier alpha value is -2.42. The number of sulfonamides is 1. The third kappa shape index (κ3) is 5.75. The van der Waals surface area contributed by atoms with Crippen molar-refractivity contribution in [1.29, 1.82) is 0 Å². The first-order chi connectivity index (χ1) is 15.8. The molecule has 2 amide bonds. The van der Waals surface area contributed by atoms with Crippen LogP contribution in [0, 0.1) is 0 Å². The van der Waals surface area contributed by atoms with Crippen LogP contribution in [0.2, 0.25) is 5.02 Å². The summed E-state index contributed by atoms with van der Waals surface area (Å²) in [6, 6.07) is 12.0. The highest BCUT2D eigenvalue weighted by atomic mass is 35.5. The SMILES string of the molecule is O=C(CCNS(=O)(=O)c1ccc2c(c1)CCCC2)N1CCN(C(=O)c2ccc(Cl)cc2)CC1. The second kappa shape index (κ2) is 10.2. The average Bonchev–Trinajstić information content (AvgIpc) is 2.83. The molecule has 33 heavy (non-hydrogen) atoms. The minimum Gasteiger partial charge on any atom is -0.339 e. The van der Waals surface area contributed by atoms with Crippen LogP contribution >= 0.6 is 11.6 Å². The molecule has 1 saturated heterocycles. The number of nitrogens with one attached hydrogen (secondary N) is 1. The molecule has 1 fully saturated rings. The maximum atomic E-state index is 12.7. The van der Waals surface area contributed by atoms with E-state index in [0.29, 0.717) is 36.8 Å². The number of hydrogen-bond acceptors (Lipinski definition) is 4. The Morgan fingerprint density at radius 2 is 1.52 bits per heavy atom. The van der Waals surface area contributed by atoms with Crippen molar-refractivity contribution in [2.24, 2.45) is 0 Å². The number of hydrogen-bond donors (Lipinski definition) is 1. The van der Waals surface area contributed by atoms with Gasteiger partial charge in [-0.1, -0.05) is 17.7 Å². The average molecular weight is 490 g/mol. The Labute approximate surface area is 199 Å². The summed E-state index contributed by atoms with van der Waals surface area (Å²) in [6.07, 6.45) is 4.20. The summed E-state index contributed by atoms with van der Waals surface area (Å²) < 4.78 is 27.9. The number of rotatable bonds is 6. The summed E-state index contributed by atoms with van der Waals surface area (Å²) in [6.45, 7) is 1.77. The van der Waals surface area contributed by atoms with Gasteiger partial charge in [0.15, 0.2) is 0 Å². The number of carbonyl (C=O) groups excluding carboxylic acids is 2. The van der Waals surface area contributed by atoms with Gasteiger partial charge in [0.25, 0.3) is 5.91 Å². The minimum absolute atomic E-state index is 0.0438. The summed E-state index contributed by atoms with van der Waals surface area (Å²) in [5.41, 5.74) is 2.89. The number of carbonyl (C=O) groups is 2. The van der Waals surface area contributed by atoms with Crippen molar-refractivity contribution in [2.45, 2.75) is 37.0 Å². The van der Waals surface area contributed by atoms with Crippen molar-refractivity contribution in [2.75, 3.05) is 32.7 Å². The first-order valence-electron chi connectivity index (χ1n) is 11.3. The monoisotopic (exact) mass is 489 g/mol. The summed E-state index contributed by atoms with van der Waals surface area (Å²) >= 11 is 5.88. The number of halogens is 1. The zero-order chi connectivity index (χ0) is 23.4. The molecular weight excluding hydrogens is 462 g/mol. The quantitative estimate of drug-likeness (QED) is 0.676. The molecule has 1 aliphatic heterocycles. The van der Waals surface area contributed by atoms with E-state index in [0.717, 1.165) is 31.2 Å². The number of aryl methyl sites for hydroxylation is 2. The van der Waals surface area contributed by atoms with E-state index in [9.17, 15) is 18.0 Å². The molecule has 0 bridgehead atoms. The van der Waals surface area contributed by atoms with E-state index in [1.165, 1.54) is 5.56 Å². The van der Waals surface area contributed by atoms with E-state index in [2.05, 4.69) is 4.72 Å². The Kier molecular flexibility index (Phi) is 7.36. The van der Waals surface area contributed by atoms with E-state index in [4.69, 9.17) is 11.6 Å². The summed E-state index contributed by atoms with van der Waals surface area (Å²) in [5, 5.41) is 0.573. The van der Waals surface area contributed by atoms with Crippen LogP contribution in [-0.2, 0) is 27.7 Å². The van der Waals surface area contributed by atoms with Crippen molar-refractivity contribution >= 4 is 33.4 Å². The Morgan fingerprint density at radius 1 is 0.879 bits per heavy atom. The molecule has 7 nitrogen and oxygen atoms in total. The highest BCUT2D eigenvalue weighted by molar-refractivity contribution is 7.89. The normalized spacial score (nSPS) is 16.4. The standard InChI is InChI=1S/C24H28ClN3O4S/c25-21-8-5-19(6-9-21)24(30)28-15-13-27(14-16-28)23(29)11-12-26-33(31,32)22-10-7-18-3-1-2-4-20(18)17-22/h5-10,17,26H,1-4,11-16H2. The van der Waals surface area contributed by atoms with Gasteiger partial charge < -0.3 is 9.80 Å². The molecule has 2 aromatic carbocycles. The first-order valence-corrected chi connectivity index (χ1v) is 13.1. The summed E-state index contributed by atoms with van der Waals surface area (Å²) in [5.74, 6) is -0.210. The molecule has 176 valence electrons. The lowest BCUT2D eigenvalue weighted by molar-refractivity contribution is -0.132. The number of fused-ring (bicyclic) bond motifs is 1. The van der Waals surface area contributed by atoms with Crippen LogP contribution in [0.5, 0.6) is 0 Å². The molecule has 0 radical (unpaired) electrons. The van der Waals surface area contributed by atoms with Crippen molar-refractivity contribution < 1.29 is 18.0 Å². The molecule has 0 unspecified atom stereocenters. The molecule has 2 aliphatic rings. The zero-order valence-corrected chi connectivity index (χ0v) is 20.0. The third-order valence-corrected chi connectivity index (χ3v) is 7.98. The van der Waals surface area contributed by atoms with Crippen LogP contribution < -0.4 is 4.72 Å². The molecule has 0 saturated carbocycles. The minimum atomic E-state index is -3.66. The van der Waals surface area contributed by atoms with Crippen LogP contribution in [0.4, 0.5) is 0 Å². The number of benzene rings is 2. The van der Waals surface area contributed by atoms with Gasteiger partial charge in [-0.15, -0.1) is 0 Å². The number of amides is 2. The number of nitrogens with zero attached hydrogens (tertiary/aromatic N) is 2. The van der Waals surface area contributed by atoms with E-state index < -0.39 is 10.0 Å². The van der Waals surface area contributed by atoms with Gasteiger partial charge in [0.1, 0.15) is 0 Å². The van der Waals surface area contributed by atoms with Crippen LogP contribution in [-0.4, -0.2) is 62.8 Å². The lowest BCUT2D eigenvalue weighted by atomic mass is 9.92. The number of piperazine rings is 1. The highest BCUT2D eigenvalue weighted by Gasteiger charge is 2.25. The van der Waals surface area contributed by atoms with Gasteiger partial charge in [-0.05, 0) is 73.2 Å². The van der Waals surface area contributed by atoms with Gasteiger partial charge in [0.2, 0.25) is 15.9 Å². The predicted octanol–water partition coefficient (Wildman–Crippen LogP) is 2.87. The predicted molar refractivity (Wildman–Crippen MR) is 127 cm³/mol. The van der Waals surface area contributed by atoms with E-state index >= 15 is 0 Å². The Bertz CT molecular complexity index is 1130. The van der Waals surface area contributed by atoms with Gasteiger partial charge in [0.05, 0.1) is 4.90 Å². The first kappa shape index (κ1) is 23.7. The van der Waals surface area contributed by atoms with Crippen molar-refractivity contribution in [3.63, 3.8) is 0 Å². The van der Waals surface area contributed by atoms with Crippen molar-refractivity contribution in [3.8, 4) is 0 Å². The summed E-state index contributed by atoms with van der Waals surface area (Å²) in [7, 11) is -3.66. The van der Waals surface area contributed by atoms with Crippen LogP contribution in [0.1, 0.15) is 40.7 Å². The Morgan fingerprint density at radius 3 is 2.21 bits per heavy atom. The maximum absolute atomic E-state index is 12.7. The fourth-order valence-corrected chi connectivity index (χ4v) is 5.55. The van der Waals surface area contributed by atoms with Crippen molar-refractivity contribution in [3.05, 3.63) is 64.2 Å². The molecule has 1 aliphatic carbocycles. The molecule has 2 aromatic rings. The fraction of sp³-hybridized carbons (Fsp3) is 0.417. The molecule has 9 heteroatoms. The second-order valence-corrected chi connectivity index (χ2v) is 10.7. The molecule has 4 rings (SSSR count). The molecule has 0 atom stereocenters. The smallest absolute Gasteiger partial charge is 0.253 e. The van der Waals surface area contributed by atoms with Crippen molar-refractivity contribution in [1.82, 2.24) is 14.5 Å². The van der Waals surface area contributed by atoms with Gasteiger partial charge in [-0.2, -0.15) is 0 Å². The van der Waals surface area contributed by atoms with E-state index in [1.807, 2.05) is 6.07 Å². The highest BCUT2D eigenvalue weighted by Crippen LogP contribution is 2.24. The fourth-order valence-electron chi connectivity index (χ4n) is 4.34. The lowest BCUT2D eigenvalue weighted by Crippen LogP contribution is -2.51. The second-order valence-electron chi connectivity index (χ2n) is 8.47. The largest absolute Gasteiger partial charge is 0.339 e. The molecule has 0 spiro atoms. The van der Waals surface area contributed by atoms with Crippen LogP contribution in [0.15, 0.2) is 47.4 Å². The third-order valence-electron chi connectivity index (χ3n) is 6.27. The summed E-state index contributed by atoms with van der Waals surface area (Å²) in [4.78, 5) is 28.8. The topological polar surface area (TPSA) is 86.8 Å². The molecule has 1 heterocycles. The van der Waals surface area contributed by atoms with E-state index in [1.54, 1.807) is 46.2 Å². The van der Waals surface area contributed by atoms with Gasteiger partial charge in [-0.3, -0.25) is 9.59 Å². The van der Waals surface area contributed by atoms with Gasteiger partial charge >= 0.3 is 0 Å². The maximum Gasteiger partial charge on any atom is 0.253 e. The molecular formula is C24H28ClN3O4S. The molecule has 1 N–H and O–H groups in total. The Balaban J connectivity index is 1.25. The van der Waals surface area contributed by atoms with Crippen LogP contribution in [0.3, 0.4) is 0 Å². The zero-order valence-electron chi connectivity index (χ0n) is 18.4. The van der Waals surface area contributed by atoms with Gasteiger partial charge in [-0.25, -0.2) is 13.1 Å². The van der Waals surface area contributed by atoms with Gasteiger partial charge in [0, 0.05) is 49.7 Å². The molecule has 0 aromatic heterocycles. The lowest BCUT2D eigenvalue weighted by Gasteiger charge is -2.35. The van der Waals surface area contributed by atoms with Crippen LogP contribution in [0.25, 0.3) is 0 Å².